The van der Waals surface area contributed by atoms with Crippen molar-refractivity contribution in [3.8, 4) is 0 Å². The molecular formula is C19H23NO2. The summed E-state index contributed by atoms with van der Waals surface area (Å²) in [6.07, 6.45) is 1.81. The van der Waals surface area contributed by atoms with E-state index in [1.165, 1.54) is 11.1 Å². The molecule has 22 heavy (non-hydrogen) atoms. The van der Waals surface area contributed by atoms with Gasteiger partial charge in [-0.2, -0.15) is 0 Å². The van der Waals surface area contributed by atoms with Crippen molar-refractivity contribution in [2.75, 3.05) is 0 Å². The molecule has 0 amide bonds. The lowest BCUT2D eigenvalue weighted by atomic mass is 9.80. The maximum absolute atomic E-state index is 11.8. The number of aryl methyl sites for hydroxylation is 3. The quantitative estimate of drug-likeness (QED) is 0.878. The minimum Gasteiger partial charge on any atom is -0.481 e. The molecule has 1 aromatic heterocycles. The zero-order chi connectivity index (χ0) is 16.2. The molecule has 116 valence electrons. The van der Waals surface area contributed by atoms with E-state index in [0.717, 1.165) is 17.8 Å². The first kappa shape index (κ1) is 16.2. The minimum absolute atomic E-state index is 0.454. The van der Waals surface area contributed by atoms with E-state index in [9.17, 15) is 9.90 Å². The molecule has 0 saturated carbocycles. The van der Waals surface area contributed by atoms with E-state index in [1.807, 2.05) is 32.0 Å². The van der Waals surface area contributed by atoms with Crippen LogP contribution in [0, 0.1) is 19.3 Å². The number of hydrogen-bond acceptors (Lipinski definition) is 2. The molecule has 0 aliphatic rings. The number of benzene rings is 1. The predicted octanol–water partition coefficient (Wildman–Crippen LogP) is 3.96. The molecule has 3 nitrogen and oxygen atoms in total. The van der Waals surface area contributed by atoms with Crippen LogP contribution in [0.5, 0.6) is 0 Å². The highest BCUT2D eigenvalue weighted by atomic mass is 16.4. The molecule has 0 bridgehead atoms. The van der Waals surface area contributed by atoms with Crippen molar-refractivity contribution in [3.63, 3.8) is 0 Å². The number of nitrogens with zero attached hydrogens (tertiary/aromatic N) is 1. The van der Waals surface area contributed by atoms with Crippen molar-refractivity contribution in [2.24, 2.45) is 5.41 Å². The zero-order valence-electron chi connectivity index (χ0n) is 13.5. The molecule has 2 aromatic rings. The van der Waals surface area contributed by atoms with Gasteiger partial charge in [0.2, 0.25) is 0 Å². The van der Waals surface area contributed by atoms with E-state index < -0.39 is 11.4 Å². The molecular weight excluding hydrogens is 274 g/mol. The minimum atomic E-state index is -0.800. The molecule has 0 saturated heterocycles. The highest BCUT2D eigenvalue weighted by Crippen LogP contribution is 2.28. The van der Waals surface area contributed by atoms with Gasteiger partial charge in [-0.15, -0.1) is 0 Å². The summed E-state index contributed by atoms with van der Waals surface area (Å²) in [5.74, 6) is -0.761. The van der Waals surface area contributed by atoms with E-state index >= 15 is 0 Å². The number of carboxylic acid groups (broad SMARTS) is 1. The van der Waals surface area contributed by atoms with Crippen molar-refractivity contribution in [1.82, 2.24) is 4.98 Å². The van der Waals surface area contributed by atoms with Gasteiger partial charge in [-0.1, -0.05) is 35.9 Å². The SMILES string of the molecule is Cc1ccc(CCC(C)(Cc2cccc(C)n2)C(=O)O)cc1. The van der Waals surface area contributed by atoms with Crippen LogP contribution in [0.4, 0.5) is 0 Å². The molecule has 0 aliphatic carbocycles. The standard InChI is InChI=1S/C19H23NO2/c1-14-7-9-16(10-8-14)11-12-19(3,18(21)22)13-17-6-4-5-15(2)20-17/h4-10H,11-13H2,1-3H3,(H,21,22). The molecule has 1 N–H and O–H groups in total. The summed E-state index contributed by atoms with van der Waals surface area (Å²) in [6.45, 7) is 5.79. The molecule has 0 aliphatic heterocycles. The summed E-state index contributed by atoms with van der Waals surface area (Å²) in [5.41, 5.74) is 3.35. The Hall–Kier alpha value is -2.16. The highest BCUT2D eigenvalue weighted by Gasteiger charge is 2.33. The van der Waals surface area contributed by atoms with Crippen molar-refractivity contribution >= 4 is 5.97 Å². The summed E-state index contributed by atoms with van der Waals surface area (Å²) in [5, 5.41) is 9.66. The fourth-order valence-electron chi connectivity index (χ4n) is 2.54. The Balaban J connectivity index is 2.10. The molecule has 0 spiro atoms. The van der Waals surface area contributed by atoms with Crippen LogP contribution in [0.1, 0.15) is 35.9 Å². The van der Waals surface area contributed by atoms with Crippen LogP contribution >= 0.6 is 0 Å². The Morgan fingerprint density at radius 2 is 1.82 bits per heavy atom. The van der Waals surface area contributed by atoms with Crippen LogP contribution in [-0.2, 0) is 17.6 Å². The van der Waals surface area contributed by atoms with Crippen molar-refractivity contribution < 1.29 is 9.90 Å². The van der Waals surface area contributed by atoms with Gasteiger partial charge in [-0.05, 0) is 51.3 Å². The maximum atomic E-state index is 11.8. The second kappa shape index (κ2) is 6.73. The molecule has 1 heterocycles. The van der Waals surface area contributed by atoms with E-state index in [-0.39, 0.29) is 0 Å². The van der Waals surface area contributed by atoms with Gasteiger partial charge in [0.25, 0.3) is 0 Å². The first-order valence-electron chi connectivity index (χ1n) is 7.60. The Kier molecular flexibility index (Phi) is 4.96. The summed E-state index contributed by atoms with van der Waals surface area (Å²) in [7, 11) is 0. The summed E-state index contributed by atoms with van der Waals surface area (Å²) in [4.78, 5) is 16.2. The van der Waals surface area contributed by atoms with Crippen molar-refractivity contribution in [1.29, 1.82) is 0 Å². The average Bonchev–Trinajstić information content (AvgIpc) is 2.46. The second-order valence-corrected chi connectivity index (χ2v) is 6.30. The fourth-order valence-corrected chi connectivity index (χ4v) is 2.54. The van der Waals surface area contributed by atoms with Gasteiger partial charge in [0.1, 0.15) is 0 Å². The highest BCUT2D eigenvalue weighted by molar-refractivity contribution is 5.74. The van der Waals surface area contributed by atoms with Gasteiger partial charge >= 0.3 is 5.97 Å². The van der Waals surface area contributed by atoms with E-state index in [4.69, 9.17) is 0 Å². The van der Waals surface area contributed by atoms with Gasteiger partial charge < -0.3 is 5.11 Å². The van der Waals surface area contributed by atoms with Crippen LogP contribution in [0.25, 0.3) is 0 Å². The van der Waals surface area contributed by atoms with Crippen molar-refractivity contribution in [3.05, 3.63) is 65.0 Å². The number of pyridine rings is 1. The normalized spacial score (nSPS) is 13.6. The monoisotopic (exact) mass is 297 g/mol. The molecule has 1 atom stereocenters. The first-order chi connectivity index (χ1) is 10.4. The lowest BCUT2D eigenvalue weighted by Gasteiger charge is -2.24. The summed E-state index contributed by atoms with van der Waals surface area (Å²) < 4.78 is 0. The van der Waals surface area contributed by atoms with E-state index in [0.29, 0.717) is 12.8 Å². The van der Waals surface area contributed by atoms with Crippen LogP contribution < -0.4 is 0 Å². The van der Waals surface area contributed by atoms with Gasteiger partial charge in [0, 0.05) is 17.8 Å². The Bertz CT molecular complexity index is 649. The Labute approximate surface area is 132 Å². The Morgan fingerprint density at radius 1 is 1.14 bits per heavy atom. The number of carbonyl (C=O) groups is 1. The van der Waals surface area contributed by atoms with Gasteiger partial charge in [-0.3, -0.25) is 9.78 Å². The van der Waals surface area contributed by atoms with Gasteiger partial charge in [-0.25, -0.2) is 0 Å². The van der Waals surface area contributed by atoms with E-state index in [2.05, 4.69) is 36.2 Å². The third-order valence-electron chi connectivity index (χ3n) is 4.12. The fraction of sp³-hybridized carbons (Fsp3) is 0.368. The molecule has 2 rings (SSSR count). The number of aromatic nitrogens is 1. The number of hydrogen-bond donors (Lipinski definition) is 1. The lowest BCUT2D eigenvalue weighted by molar-refractivity contribution is -0.148. The third-order valence-corrected chi connectivity index (χ3v) is 4.12. The third kappa shape index (κ3) is 4.17. The molecule has 1 aromatic carbocycles. The zero-order valence-corrected chi connectivity index (χ0v) is 13.5. The lowest BCUT2D eigenvalue weighted by Crippen LogP contribution is -2.31. The van der Waals surface area contributed by atoms with Crippen LogP contribution in [-0.4, -0.2) is 16.1 Å². The second-order valence-electron chi connectivity index (χ2n) is 6.30. The van der Waals surface area contributed by atoms with Crippen molar-refractivity contribution in [2.45, 2.75) is 40.0 Å². The summed E-state index contributed by atoms with van der Waals surface area (Å²) >= 11 is 0. The summed E-state index contributed by atoms with van der Waals surface area (Å²) in [6, 6.07) is 14.0. The number of carboxylic acids is 1. The predicted molar refractivity (Wildman–Crippen MR) is 87.9 cm³/mol. The van der Waals surface area contributed by atoms with Crippen LogP contribution in [0.2, 0.25) is 0 Å². The smallest absolute Gasteiger partial charge is 0.309 e. The van der Waals surface area contributed by atoms with Gasteiger partial charge in [0.05, 0.1) is 5.41 Å². The van der Waals surface area contributed by atoms with E-state index in [1.54, 1.807) is 0 Å². The van der Waals surface area contributed by atoms with Crippen LogP contribution in [0.3, 0.4) is 0 Å². The first-order valence-corrected chi connectivity index (χ1v) is 7.60. The molecule has 0 fully saturated rings. The largest absolute Gasteiger partial charge is 0.481 e. The number of aliphatic carboxylic acids is 1. The Morgan fingerprint density at radius 3 is 2.41 bits per heavy atom. The molecule has 1 unspecified atom stereocenters. The maximum Gasteiger partial charge on any atom is 0.309 e. The number of rotatable bonds is 6. The molecule has 0 radical (unpaired) electrons. The topological polar surface area (TPSA) is 50.2 Å². The molecule has 3 heteroatoms. The van der Waals surface area contributed by atoms with Crippen LogP contribution in [0.15, 0.2) is 42.5 Å². The average molecular weight is 297 g/mol. The van der Waals surface area contributed by atoms with Gasteiger partial charge in [0.15, 0.2) is 0 Å².